The molecule has 0 saturated carbocycles. The second-order valence-electron chi connectivity index (χ2n) is 4.21. The molecule has 2 rings (SSSR count). The van der Waals surface area contributed by atoms with E-state index in [2.05, 4.69) is 10.3 Å². The van der Waals surface area contributed by atoms with Gasteiger partial charge in [-0.25, -0.2) is 9.78 Å². The molecule has 1 aromatic heterocycles. The van der Waals surface area contributed by atoms with Gasteiger partial charge in [-0.3, -0.25) is 5.32 Å². The van der Waals surface area contributed by atoms with Gasteiger partial charge in [0.05, 0.1) is 19.3 Å². The highest BCUT2D eigenvalue weighted by Gasteiger charge is 2.23. The van der Waals surface area contributed by atoms with E-state index < -0.39 is 0 Å². The lowest BCUT2D eigenvalue weighted by Crippen LogP contribution is -2.49. The molecule has 92 valence electrons. The van der Waals surface area contributed by atoms with E-state index in [0.717, 1.165) is 5.69 Å². The molecule has 1 N–H and O–H groups in total. The first-order valence-corrected chi connectivity index (χ1v) is 5.76. The first-order valence-electron chi connectivity index (χ1n) is 5.76. The van der Waals surface area contributed by atoms with Gasteiger partial charge < -0.3 is 9.64 Å². The molecule has 5 nitrogen and oxygen atoms in total. The number of rotatable bonds is 1. The van der Waals surface area contributed by atoms with Crippen molar-refractivity contribution in [3.8, 4) is 0 Å². The number of hydrogen-bond donors (Lipinski definition) is 1. The number of pyridine rings is 1. The highest BCUT2D eigenvalue weighted by atomic mass is 16.5. The number of anilines is 1. The number of aromatic nitrogens is 1. The van der Waals surface area contributed by atoms with Crippen molar-refractivity contribution in [3.63, 3.8) is 0 Å². The van der Waals surface area contributed by atoms with E-state index in [1.54, 1.807) is 11.0 Å². The minimum Gasteiger partial charge on any atom is -0.377 e. The Labute approximate surface area is 101 Å². The van der Waals surface area contributed by atoms with Crippen molar-refractivity contribution in [2.75, 3.05) is 25.1 Å². The number of carbonyl (C=O) groups excluding carboxylic acids is 1. The second kappa shape index (κ2) is 5.14. The minimum absolute atomic E-state index is 0.105. The lowest BCUT2D eigenvalue weighted by atomic mass is 10.3. The van der Waals surface area contributed by atoms with Gasteiger partial charge in [-0.1, -0.05) is 6.07 Å². The summed E-state index contributed by atoms with van der Waals surface area (Å²) in [6, 6.07) is 5.55. The normalized spacial score (nSPS) is 20.1. The lowest BCUT2D eigenvalue weighted by Gasteiger charge is -2.33. The van der Waals surface area contributed by atoms with Crippen molar-refractivity contribution in [1.29, 1.82) is 0 Å². The number of carbonyl (C=O) groups is 1. The molecule has 0 unspecified atom stereocenters. The Morgan fingerprint density at radius 2 is 2.41 bits per heavy atom. The molecular weight excluding hydrogens is 218 g/mol. The predicted octanol–water partition coefficient (Wildman–Crippen LogP) is 1.64. The molecular formula is C12H17N3O2. The fourth-order valence-electron chi connectivity index (χ4n) is 1.82. The monoisotopic (exact) mass is 235 g/mol. The number of urea groups is 1. The summed E-state index contributed by atoms with van der Waals surface area (Å²) in [4.78, 5) is 18.0. The van der Waals surface area contributed by atoms with Gasteiger partial charge >= 0.3 is 6.03 Å². The Hall–Kier alpha value is -1.62. The molecule has 0 aromatic carbocycles. The third kappa shape index (κ3) is 2.94. The molecule has 0 radical (unpaired) electrons. The fraction of sp³-hybridized carbons (Fsp3) is 0.500. The molecule has 17 heavy (non-hydrogen) atoms. The largest absolute Gasteiger partial charge is 0.377 e. The predicted molar refractivity (Wildman–Crippen MR) is 65.0 cm³/mol. The Kier molecular flexibility index (Phi) is 3.58. The van der Waals surface area contributed by atoms with Crippen LogP contribution in [0.3, 0.4) is 0 Å². The molecule has 1 aliphatic rings. The number of nitrogens with zero attached hydrogens (tertiary/aromatic N) is 2. The quantitative estimate of drug-likeness (QED) is 0.805. The van der Waals surface area contributed by atoms with Crippen molar-refractivity contribution in [2.24, 2.45) is 0 Å². The summed E-state index contributed by atoms with van der Waals surface area (Å²) in [5, 5.41) is 2.80. The maximum atomic E-state index is 12.0. The average Bonchev–Trinajstić information content (AvgIpc) is 2.29. The highest BCUT2D eigenvalue weighted by Crippen LogP contribution is 2.10. The SMILES string of the molecule is Cc1cccc(NC(=O)N2CCOC[C@@H]2C)n1. The van der Waals surface area contributed by atoms with Gasteiger partial charge in [0.2, 0.25) is 0 Å². The van der Waals surface area contributed by atoms with Crippen LogP contribution in [0.15, 0.2) is 18.2 Å². The number of morpholine rings is 1. The van der Waals surface area contributed by atoms with Gasteiger partial charge in [0.1, 0.15) is 5.82 Å². The average molecular weight is 235 g/mol. The van der Waals surface area contributed by atoms with Crippen LogP contribution in [0.1, 0.15) is 12.6 Å². The molecule has 1 atom stereocenters. The lowest BCUT2D eigenvalue weighted by molar-refractivity contribution is 0.0221. The zero-order valence-electron chi connectivity index (χ0n) is 10.1. The summed E-state index contributed by atoms with van der Waals surface area (Å²) in [6.07, 6.45) is 0. The van der Waals surface area contributed by atoms with E-state index in [-0.39, 0.29) is 12.1 Å². The zero-order valence-corrected chi connectivity index (χ0v) is 10.1. The molecule has 1 saturated heterocycles. The topological polar surface area (TPSA) is 54.5 Å². The first-order chi connectivity index (χ1) is 8.16. The number of ether oxygens (including phenoxy) is 1. The summed E-state index contributed by atoms with van der Waals surface area (Å²) < 4.78 is 5.29. The third-order valence-electron chi connectivity index (χ3n) is 2.75. The fourth-order valence-corrected chi connectivity index (χ4v) is 1.82. The summed E-state index contributed by atoms with van der Waals surface area (Å²) in [5.41, 5.74) is 0.887. The first kappa shape index (κ1) is 11.9. The Morgan fingerprint density at radius 1 is 1.59 bits per heavy atom. The van der Waals surface area contributed by atoms with Gasteiger partial charge in [0, 0.05) is 12.2 Å². The van der Waals surface area contributed by atoms with E-state index in [4.69, 9.17) is 4.74 Å². The van der Waals surface area contributed by atoms with Crippen LogP contribution in [-0.4, -0.2) is 41.7 Å². The summed E-state index contributed by atoms with van der Waals surface area (Å²) >= 11 is 0. The van der Waals surface area contributed by atoms with E-state index in [0.29, 0.717) is 25.6 Å². The highest BCUT2D eigenvalue weighted by molar-refractivity contribution is 5.88. The van der Waals surface area contributed by atoms with Crippen molar-refractivity contribution >= 4 is 11.8 Å². The Morgan fingerprint density at radius 3 is 3.12 bits per heavy atom. The van der Waals surface area contributed by atoms with Crippen molar-refractivity contribution in [1.82, 2.24) is 9.88 Å². The van der Waals surface area contributed by atoms with E-state index in [9.17, 15) is 4.79 Å². The van der Waals surface area contributed by atoms with Crippen LogP contribution in [-0.2, 0) is 4.74 Å². The maximum absolute atomic E-state index is 12.0. The third-order valence-corrected chi connectivity index (χ3v) is 2.75. The molecule has 5 heteroatoms. The second-order valence-corrected chi connectivity index (χ2v) is 4.21. The van der Waals surface area contributed by atoms with Crippen LogP contribution < -0.4 is 5.32 Å². The number of nitrogens with one attached hydrogen (secondary N) is 1. The maximum Gasteiger partial charge on any atom is 0.323 e. The molecule has 0 aliphatic carbocycles. The zero-order chi connectivity index (χ0) is 12.3. The molecule has 1 aromatic rings. The van der Waals surface area contributed by atoms with Gasteiger partial charge in [-0.05, 0) is 26.0 Å². The van der Waals surface area contributed by atoms with Crippen molar-refractivity contribution in [2.45, 2.75) is 19.9 Å². The molecule has 1 aliphatic heterocycles. The number of amides is 2. The summed E-state index contributed by atoms with van der Waals surface area (Å²) in [7, 11) is 0. The minimum atomic E-state index is -0.112. The smallest absolute Gasteiger partial charge is 0.323 e. The summed E-state index contributed by atoms with van der Waals surface area (Å²) in [5.74, 6) is 0.591. The molecule has 1 fully saturated rings. The van der Waals surface area contributed by atoms with Crippen LogP contribution in [0.2, 0.25) is 0 Å². The van der Waals surface area contributed by atoms with Gasteiger partial charge in [-0.15, -0.1) is 0 Å². The standard InChI is InChI=1S/C12H17N3O2/c1-9-4-3-5-11(13-9)14-12(16)15-6-7-17-8-10(15)2/h3-5,10H,6-8H2,1-2H3,(H,13,14,16)/t10-/m0/s1. The van der Waals surface area contributed by atoms with E-state index >= 15 is 0 Å². The van der Waals surface area contributed by atoms with Crippen LogP contribution in [0.4, 0.5) is 10.6 Å². The van der Waals surface area contributed by atoms with Crippen LogP contribution in [0, 0.1) is 6.92 Å². The van der Waals surface area contributed by atoms with E-state index in [1.807, 2.05) is 26.0 Å². The molecule has 2 heterocycles. The molecule has 2 amide bonds. The van der Waals surface area contributed by atoms with Gasteiger partial charge in [-0.2, -0.15) is 0 Å². The Bertz CT molecular complexity index is 408. The molecule has 0 bridgehead atoms. The Balaban J connectivity index is 2.01. The van der Waals surface area contributed by atoms with Gasteiger partial charge in [0.25, 0.3) is 0 Å². The molecule has 0 spiro atoms. The summed E-state index contributed by atoms with van der Waals surface area (Å²) in [6.45, 7) is 5.68. The van der Waals surface area contributed by atoms with E-state index in [1.165, 1.54) is 0 Å². The van der Waals surface area contributed by atoms with Crippen molar-refractivity contribution in [3.05, 3.63) is 23.9 Å². The van der Waals surface area contributed by atoms with Crippen LogP contribution in [0.25, 0.3) is 0 Å². The van der Waals surface area contributed by atoms with Crippen molar-refractivity contribution < 1.29 is 9.53 Å². The van der Waals surface area contributed by atoms with Crippen LogP contribution >= 0.6 is 0 Å². The van der Waals surface area contributed by atoms with Crippen LogP contribution in [0.5, 0.6) is 0 Å². The van der Waals surface area contributed by atoms with Gasteiger partial charge in [0.15, 0.2) is 0 Å². The number of aryl methyl sites for hydroxylation is 1. The number of hydrogen-bond acceptors (Lipinski definition) is 3.